The van der Waals surface area contributed by atoms with Gasteiger partial charge in [0.1, 0.15) is 13.2 Å². The zero-order valence-corrected chi connectivity index (χ0v) is 48.6. The van der Waals surface area contributed by atoms with Crippen molar-refractivity contribution in [3.05, 3.63) is 97.2 Å². The number of esters is 3. The second-order valence-electron chi connectivity index (χ2n) is 20.6. The first-order valence-electron chi connectivity index (χ1n) is 31.2. The predicted molar refractivity (Wildman–Crippen MR) is 320 cm³/mol. The molecule has 0 fully saturated rings. The molecule has 0 N–H and O–H groups in total. The fraction of sp³-hybridized carbons (Fsp3) is 0.721. The SMILES string of the molecule is CC/C=C\C/C=C\C/C=C\C/C=C\C/C=C\C/C=C\C/C=C\CCCCCCCC(=O)OCC(COC(=O)CCCCCCC/C=C\CCC)OC(=O)CCCCCCCCCCCCCCCCCCCCC. The Morgan fingerprint density at radius 3 is 0.892 bits per heavy atom. The van der Waals surface area contributed by atoms with E-state index in [0.29, 0.717) is 19.3 Å². The lowest BCUT2D eigenvalue weighted by molar-refractivity contribution is -0.167. The minimum Gasteiger partial charge on any atom is -0.462 e. The second-order valence-corrected chi connectivity index (χ2v) is 20.6. The van der Waals surface area contributed by atoms with E-state index < -0.39 is 6.10 Å². The van der Waals surface area contributed by atoms with Crippen molar-refractivity contribution in [2.45, 2.75) is 303 Å². The number of unbranched alkanes of at least 4 members (excludes halogenated alkanes) is 29. The summed E-state index contributed by atoms with van der Waals surface area (Å²) in [7, 11) is 0. The van der Waals surface area contributed by atoms with E-state index >= 15 is 0 Å². The van der Waals surface area contributed by atoms with Crippen LogP contribution in [0.15, 0.2) is 97.2 Å². The molecule has 424 valence electrons. The van der Waals surface area contributed by atoms with Crippen molar-refractivity contribution in [1.82, 2.24) is 0 Å². The number of rotatable bonds is 56. The Morgan fingerprint density at radius 2 is 0.554 bits per heavy atom. The Labute approximate surface area is 457 Å². The number of carbonyl (C=O) groups excluding carboxylic acids is 3. The van der Waals surface area contributed by atoms with Crippen LogP contribution in [0.25, 0.3) is 0 Å². The van der Waals surface area contributed by atoms with Gasteiger partial charge in [0.15, 0.2) is 6.10 Å². The maximum Gasteiger partial charge on any atom is 0.306 e. The number of carbonyl (C=O) groups is 3. The molecule has 0 bridgehead atoms. The van der Waals surface area contributed by atoms with Crippen LogP contribution in [0.4, 0.5) is 0 Å². The molecular formula is C68H116O6. The molecule has 0 aliphatic carbocycles. The molecule has 0 saturated heterocycles. The summed E-state index contributed by atoms with van der Waals surface area (Å²) in [5, 5.41) is 0. The molecule has 0 aromatic rings. The van der Waals surface area contributed by atoms with Gasteiger partial charge in [-0.2, -0.15) is 0 Å². The van der Waals surface area contributed by atoms with Crippen molar-refractivity contribution in [2.24, 2.45) is 0 Å². The van der Waals surface area contributed by atoms with E-state index in [-0.39, 0.29) is 31.1 Å². The standard InChI is InChI=1S/C68H116O6/c1-4-7-10-13-16-19-22-24-26-28-30-31-32-33-34-35-36-37-39-40-42-44-46-49-52-55-58-61-67(70)73-64-65(63-72-66(69)60-57-54-51-48-21-18-15-12-9-6-3)74-68(71)62-59-56-53-50-47-45-43-41-38-29-27-25-23-20-17-14-11-8-5-2/h7,10,12,15-16,19,24,26,30-31,33-34,36-37,40,42,65H,4-6,8-9,11,13-14,17-18,20-23,25,27-29,32,35,38-39,41,43-64H2,1-3H3/b10-7-,15-12-,19-16-,26-24-,31-30-,34-33-,37-36-,42-40-. The van der Waals surface area contributed by atoms with Crippen LogP contribution in [0.1, 0.15) is 297 Å². The normalized spacial score (nSPS) is 12.7. The highest BCUT2D eigenvalue weighted by Gasteiger charge is 2.19. The van der Waals surface area contributed by atoms with Crippen LogP contribution in [-0.4, -0.2) is 37.2 Å². The summed E-state index contributed by atoms with van der Waals surface area (Å²) < 4.78 is 16.9. The highest BCUT2D eigenvalue weighted by Crippen LogP contribution is 2.16. The van der Waals surface area contributed by atoms with E-state index in [1.807, 2.05) is 0 Å². The molecule has 0 heterocycles. The number of allylic oxidation sites excluding steroid dienone is 16. The Morgan fingerprint density at radius 1 is 0.284 bits per heavy atom. The summed E-state index contributed by atoms with van der Waals surface area (Å²) >= 11 is 0. The molecule has 0 aliphatic heterocycles. The highest BCUT2D eigenvalue weighted by molar-refractivity contribution is 5.71. The monoisotopic (exact) mass is 1030 g/mol. The predicted octanol–water partition coefficient (Wildman–Crippen LogP) is 21.3. The lowest BCUT2D eigenvalue weighted by atomic mass is 10.0. The Hall–Kier alpha value is -3.67. The third-order valence-corrected chi connectivity index (χ3v) is 13.3. The molecule has 0 radical (unpaired) electrons. The molecular weight excluding hydrogens is 913 g/mol. The summed E-state index contributed by atoms with van der Waals surface area (Å²) in [5.74, 6) is -0.907. The van der Waals surface area contributed by atoms with Gasteiger partial charge in [0, 0.05) is 19.3 Å². The first kappa shape index (κ1) is 70.3. The third kappa shape index (κ3) is 59.2. The summed E-state index contributed by atoms with van der Waals surface area (Å²) in [6, 6.07) is 0. The maximum absolute atomic E-state index is 12.9. The number of hydrogen-bond donors (Lipinski definition) is 0. The van der Waals surface area contributed by atoms with Gasteiger partial charge < -0.3 is 14.2 Å². The van der Waals surface area contributed by atoms with Crippen LogP contribution in [0.3, 0.4) is 0 Å². The van der Waals surface area contributed by atoms with E-state index in [9.17, 15) is 14.4 Å². The van der Waals surface area contributed by atoms with E-state index in [1.165, 1.54) is 122 Å². The molecule has 0 aromatic carbocycles. The van der Waals surface area contributed by atoms with E-state index in [4.69, 9.17) is 14.2 Å². The van der Waals surface area contributed by atoms with Crippen molar-refractivity contribution in [1.29, 1.82) is 0 Å². The fourth-order valence-corrected chi connectivity index (χ4v) is 8.66. The van der Waals surface area contributed by atoms with Gasteiger partial charge in [0.2, 0.25) is 0 Å². The third-order valence-electron chi connectivity index (χ3n) is 13.3. The maximum atomic E-state index is 12.9. The summed E-state index contributed by atoms with van der Waals surface area (Å²) in [5.41, 5.74) is 0. The van der Waals surface area contributed by atoms with Crippen molar-refractivity contribution < 1.29 is 28.6 Å². The Kier molecular flexibility index (Phi) is 58.8. The van der Waals surface area contributed by atoms with Crippen LogP contribution < -0.4 is 0 Å². The first-order valence-corrected chi connectivity index (χ1v) is 31.2. The first-order chi connectivity index (χ1) is 36.5. The van der Waals surface area contributed by atoms with Crippen LogP contribution in [0.2, 0.25) is 0 Å². The average molecular weight is 1030 g/mol. The number of hydrogen-bond acceptors (Lipinski definition) is 6. The van der Waals surface area contributed by atoms with Gasteiger partial charge in [-0.25, -0.2) is 0 Å². The van der Waals surface area contributed by atoms with Gasteiger partial charge >= 0.3 is 17.9 Å². The molecule has 1 unspecified atom stereocenters. The van der Waals surface area contributed by atoms with Gasteiger partial charge in [-0.15, -0.1) is 0 Å². The van der Waals surface area contributed by atoms with Crippen molar-refractivity contribution >= 4 is 17.9 Å². The molecule has 0 spiro atoms. The fourth-order valence-electron chi connectivity index (χ4n) is 8.66. The van der Waals surface area contributed by atoms with Crippen molar-refractivity contribution in [2.75, 3.05) is 13.2 Å². The lowest BCUT2D eigenvalue weighted by Gasteiger charge is -2.18. The van der Waals surface area contributed by atoms with Gasteiger partial charge in [0.05, 0.1) is 0 Å². The van der Waals surface area contributed by atoms with E-state index in [1.54, 1.807) is 0 Å². The molecule has 1 atom stereocenters. The summed E-state index contributed by atoms with van der Waals surface area (Å²) in [4.78, 5) is 38.2. The van der Waals surface area contributed by atoms with E-state index in [2.05, 4.69) is 118 Å². The molecule has 0 saturated carbocycles. The van der Waals surface area contributed by atoms with Gasteiger partial charge in [-0.1, -0.05) is 279 Å². The minimum atomic E-state index is -0.788. The Balaban J connectivity index is 4.30. The smallest absolute Gasteiger partial charge is 0.306 e. The highest BCUT2D eigenvalue weighted by atomic mass is 16.6. The molecule has 6 nitrogen and oxygen atoms in total. The largest absolute Gasteiger partial charge is 0.462 e. The van der Waals surface area contributed by atoms with Crippen LogP contribution >= 0.6 is 0 Å². The lowest BCUT2D eigenvalue weighted by Crippen LogP contribution is -2.30. The molecule has 0 aromatic heterocycles. The van der Waals surface area contributed by atoms with E-state index in [0.717, 1.165) is 135 Å². The zero-order valence-electron chi connectivity index (χ0n) is 48.6. The van der Waals surface area contributed by atoms with Crippen LogP contribution in [0, 0.1) is 0 Å². The zero-order chi connectivity index (χ0) is 53.6. The molecule has 6 heteroatoms. The molecule has 74 heavy (non-hydrogen) atoms. The molecule has 0 aliphatic rings. The topological polar surface area (TPSA) is 78.9 Å². The minimum absolute atomic E-state index is 0.0863. The summed E-state index contributed by atoms with van der Waals surface area (Å²) in [6.07, 6.45) is 82.7. The van der Waals surface area contributed by atoms with Crippen molar-refractivity contribution in [3.63, 3.8) is 0 Å². The number of ether oxygens (including phenoxy) is 3. The van der Waals surface area contributed by atoms with Gasteiger partial charge in [-0.3, -0.25) is 14.4 Å². The van der Waals surface area contributed by atoms with Crippen LogP contribution in [-0.2, 0) is 28.6 Å². The van der Waals surface area contributed by atoms with Crippen molar-refractivity contribution in [3.8, 4) is 0 Å². The molecule has 0 amide bonds. The average Bonchev–Trinajstić information content (AvgIpc) is 3.40. The quantitative estimate of drug-likeness (QED) is 0.0261. The molecule has 0 rings (SSSR count). The Bertz CT molecular complexity index is 1460. The van der Waals surface area contributed by atoms with Crippen LogP contribution in [0.5, 0.6) is 0 Å². The second kappa shape index (κ2) is 61.9. The van der Waals surface area contributed by atoms with Gasteiger partial charge in [0.25, 0.3) is 0 Å². The van der Waals surface area contributed by atoms with Gasteiger partial charge in [-0.05, 0) is 96.3 Å². The summed E-state index contributed by atoms with van der Waals surface area (Å²) in [6.45, 7) is 6.47.